The molecular formula is C20H24N2O2S. The number of hydrogen-bond donors (Lipinski definition) is 1. The smallest absolute Gasteiger partial charge is 0.200 e. The molecule has 0 saturated heterocycles. The molecule has 0 radical (unpaired) electrons. The molecule has 0 heterocycles. The molecule has 2 aromatic rings. The van der Waals surface area contributed by atoms with Crippen LogP contribution in [0.2, 0.25) is 0 Å². The topological polar surface area (TPSA) is 58.5 Å². The molecule has 4 rings (SSSR count). The van der Waals surface area contributed by atoms with Crippen LogP contribution in [0.25, 0.3) is 10.8 Å². The minimum atomic E-state index is -3.66. The van der Waals surface area contributed by atoms with Crippen molar-refractivity contribution in [2.75, 3.05) is 0 Å². The van der Waals surface area contributed by atoms with Crippen molar-refractivity contribution >= 4 is 26.5 Å². The second-order valence-corrected chi connectivity index (χ2v) is 9.82. The van der Waals surface area contributed by atoms with Gasteiger partial charge >= 0.3 is 0 Å². The highest BCUT2D eigenvalue weighted by molar-refractivity contribution is 7.89. The van der Waals surface area contributed by atoms with Crippen LogP contribution in [0.4, 0.5) is 0 Å². The highest BCUT2D eigenvalue weighted by atomic mass is 32.2. The fourth-order valence-corrected chi connectivity index (χ4v) is 5.47. The summed E-state index contributed by atoms with van der Waals surface area (Å²) < 4.78 is 25.4. The van der Waals surface area contributed by atoms with Crippen LogP contribution >= 0.6 is 0 Å². The summed E-state index contributed by atoms with van der Waals surface area (Å²) in [6, 6.07) is 12.9. The van der Waals surface area contributed by atoms with Crippen molar-refractivity contribution in [3.63, 3.8) is 0 Å². The number of hydrogen-bond acceptors (Lipinski definition) is 3. The van der Waals surface area contributed by atoms with E-state index in [2.05, 4.69) is 30.7 Å². The summed E-state index contributed by atoms with van der Waals surface area (Å²) in [5.74, 6) is 0.599. The van der Waals surface area contributed by atoms with E-state index in [-0.39, 0.29) is 15.7 Å². The normalized spacial score (nSPS) is 29.4. The Balaban J connectivity index is 1.64. The SMILES string of the molecule is CC1(C)[C@H]2CC[C@@]1(C)/C(=N/NS(=O)(=O)c1ccc3ccccc3c1)C2. The molecule has 2 bridgehead atoms. The first-order valence-electron chi connectivity index (χ1n) is 8.82. The lowest BCUT2D eigenvalue weighted by Crippen LogP contribution is -2.34. The second-order valence-electron chi connectivity index (χ2n) is 8.16. The first-order chi connectivity index (χ1) is 11.7. The molecule has 2 aliphatic rings. The molecule has 2 atom stereocenters. The number of benzene rings is 2. The van der Waals surface area contributed by atoms with E-state index in [1.54, 1.807) is 12.1 Å². The molecular weight excluding hydrogens is 332 g/mol. The maximum absolute atomic E-state index is 12.7. The van der Waals surface area contributed by atoms with E-state index in [4.69, 9.17) is 0 Å². The van der Waals surface area contributed by atoms with Crippen molar-refractivity contribution < 1.29 is 8.42 Å². The van der Waals surface area contributed by atoms with E-state index in [0.29, 0.717) is 5.92 Å². The highest BCUT2D eigenvalue weighted by Gasteiger charge is 2.60. The van der Waals surface area contributed by atoms with Crippen molar-refractivity contribution in [1.29, 1.82) is 0 Å². The fourth-order valence-electron chi connectivity index (χ4n) is 4.60. The Morgan fingerprint density at radius 2 is 1.80 bits per heavy atom. The van der Waals surface area contributed by atoms with Crippen molar-refractivity contribution in [1.82, 2.24) is 4.83 Å². The summed E-state index contributed by atoms with van der Waals surface area (Å²) in [6.07, 6.45) is 3.19. The van der Waals surface area contributed by atoms with Crippen LogP contribution in [0, 0.1) is 16.7 Å². The summed E-state index contributed by atoms with van der Waals surface area (Å²) in [6.45, 7) is 6.79. The van der Waals surface area contributed by atoms with Gasteiger partial charge in [0, 0.05) is 11.1 Å². The van der Waals surface area contributed by atoms with Gasteiger partial charge in [-0.1, -0.05) is 51.1 Å². The molecule has 1 N–H and O–H groups in total. The molecule has 0 spiro atoms. The Kier molecular flexibility index (Phi) is 3.52. The molecule has 0 amide bonds. The molecule has 0 aliphatic heterocycles. The first kappa shape index (κ1) is 16.6. The minimum absolute atomic E-state index is 0.0103. The number of nitrogens with zero attached hydrogens (tertiary/aromatic N) is 1. The number of rotatable bonds is 3. The van der Waals surface area contributed by atoms with Crippen LogP contribution in [0.3, 0.4) is 0 Å². The molecule has 2 saturated carbocycles. The van der Waals surface area contributed by atoms with E-state index in [1.165, 1.54) is 6.42 Å². The molecule has 2 fully saturated rings. The van der Waals surface area contributed by atoms with E-state index < -0.39 is 10.0 Å². The van der Waals surface area contributed by atoms with Gasteiger partial charge in [0.2, 0.25) is 0 Å². The largest absolute Gasteiger partial charge is 0.276 e. The van der Waals surface area contributed by atoms with Gasteiger partial charge < -0.3 is 0 Å². The second kappa shape index (κ2) is 5.31. The minimum Gasteiger partial charge on any atom is -0.200 e. The Bertz CT molecular complexity index is 978. The van der Waals surface area contributed by atoms with Crippen LogP contribution in [-0.4, -0.2) is 14.1 Å². The molecule has 5 heteroatoms. The van der Waals surface area contributed by atoms with E-state index in [0.717, 1.165) is 29.3 Å². The van der Waals surface area contributed by atoms with E-state index in [1.807, 2.05) is 30.3 Å². The monoisotopic (exact) mass is 356 g/mol. The lowest BCUT2D eigenvalue weighted by Gasteiger charge is -2.34. The summed E-state index contributed by atoms with van der Waals surface area (Å²) in [7, 11) is -3.66. The van der Waals surface area contributed by atoms with Crippen molar-refractivity contribution in [3.05, 3.63) is 42.5 Å². The molecule has 2 aromatic carbocycles. The van der Waals surface area contributed by atoms with Gasteiger partial charge in [0.25, 0.3) is 10.0 Å². The van der Waals surface area contributed by atoms with Gasteiger partial charge in [-0.05, 0) is 53.5 Å². The van der Waals surface area contributed by atoms with Crippen LogP contribution in [0.15, 0.2) is 52.5 Å². The van der Waals surface area contributed by atoms with Crippen molar-refractivity contribution in [2.24, 2.45) is 21.8 Å². The molecule has 2 aliphatic carbocycles. The maximum atomic E-state index is 12.7. The Morgan fingerprint density at radius 3 is 2.44 bits per heavy atom. The van der Waals surface area contributed by atoms with Gasteiger partial charge in [-0.15, -0.1) is 0 Å². The fraction of sp³-hybridized carbons (Fsp3) is 0.450. The molecule has 4 nitrogen and oxygen atoms in total. The van der Waals surface area contributed by atoms with Crippen molar-refractivity contribution in [2.45, 2.75) is 44.9 Å². The number of hydrazone groups is 1. The van der Waals surface area contributed by atoms with Crippen LogP contribution < -0.4 is 4.83 Å². The van der Waals surface area contributed by atoms with E-state index >= 15 is 0 Å². The predicted molar refractivity (Wildman–Crippen MR) is 101 cm³/mol. The van der Waals surface area contributed by atoms with Crippen LogP contribution in [-0.2, 0) is 10.0 Å². The quantitative estimate of drug-likeness (QED) is 0.833. The van der Waals surface area contributed by atoms with Crippen LogP contribution in [0.5, 0.6) is 0 Å². The molecule has 25 heavy (non-hydrogen) atoms. The number of sulfonamides is 1. The third kappa shape index (κ3) is 2.40. The Morgan fingerprint density at radius 1 is 1.08 bits per heavy atom. The maximum Gasteiger partial charge on any atom is 0.276 e. The lowest BCUT2D eigenvalue weighted by atomic mass is 9.70. The highest BCUT2D eigenvalue weighted by Crippen LogP contribution is 2.63. The van der Waals surface area contributed by atoms with Gasteiger partial charge in [-0.2, -0.15) is 13.5 Å². The van der Waals surface area contributed by atoms with Gasteiger partial charge in [-0.3, -0.25) is 0 Å². The van der Waals surface area contributed by atoms with Gasteiger partial charge in [0.1, 0.15) is 0 Å². The third-order valence-corrected chi connectivity index (χ3v) is 8.05. The summed E-state index contributed by atoms with van der Waals surface area (Å²) >= 11 is 0. The van der Waals surface area contributed by atoms with Gasteiger partial charge in [-0.25, -0.2) is 4.83 Å². The standard InChI is InChI=1S/C20H24N2O2S/c1-19(2)16-10-11-20(19,3)18(13-16)21-22-25(23,24)17-9-8-14-6-4-5-7-15(14)12-17/h4-9,12,16,22H,10-11,13H2,1-3H3/b21-18+/t16-,20-/m0/s1. The Labute approximate surface area is 149 Å². The first-order valence-corrected chi connectivity index (χ1v) is 10.3. The summed E-state index contributed by atoms with van der Waals surface area (Å²) in [5, 5.41) is 6.31. The van der Waals surface area contributed by atoms with E-state index in [9.17, 15) is 8.42 Å². The van der Waals surface area contributed by atoms with Crippen LogP contribution in [0.1, 0.15) is 40.0 Å². The zero-order chi connectivity index (χ0) is 17.9. The zero-order valence-electron chi connectivity index (χ0n) is 14.9. The lowest BCUT2D eigenvalue weighted by molar-refractivity contribution is 0.193. The molecule has 132 valence electrons. The van der Waals surface area contributed by atoms with Crippen molar-refractivity contribution in [3.8, 4) is 0 Å². The average molecular weight is 356 g/mol. The summed E-state index contributed by atoms with van der Waals surface area (Å²) in [5.41, 5.74) is 1.17. The third-order valence-electron chi connectivity index (χ3n) is 6.84. The molecule has 0 aromatic heterocycles. The number of nitrogens with one attached hydrogen (secondary N) is 1. The number of fused-ring (bicyclic) bond motifs is 3. The Hall–Kier alpha value is -1.88. The molecule has 0 unspecified atom stereocenters. The summed E-state index contributed by atoms with van der Waals surface area (Å²) in [4.78, 5) is 2.74. The predicted octanol–water partition coefficient (Wildman–Crippen LogP) is 4.32. The van der Waals surface area contributed by atoms with Gasteiger partial charge in [0.15, 0.2) is 0 Å². The zero-order valence-corrected chi connectivity index (χ0v) is 15.7. The van der Waals surface area contributed by atoms with Gasteiger partial charge in [0.05, 0.1) is 4.90 Å². The average Bonchev–Trinajstić information content (AvgIpc) is 2.93.